The molecule has 2 heterocycles. The number of aromatic nitrogens is 4. The van der Waals surface area contributed by atoms with Gasteiger partial charge in [-0.3, -0.25) is 14.3 Å². The lowest BCUT2D eigenvalue weighted by Gasteiger charge is -2.11. The van der Waals surface area contributed by atoms with Crippen LogP contribution in [-0.2, 0) is 4.79 Å². The average Bonchev–Trinajstić information content (AvgIpc) is 3.20. The maximum absolute atomic E-state index is 12.5. The molecule has 6 nitrogen and oxygen atoms in total. The van der Waals surface area contributed by atoms with E-state index in [0.717, 1.165) is 11.3 Å². The van der Waals surface area contributed by atoms with Gasteiger partial charge in [0.25, 0.3) is 0 Å². The van der Waals surface area contributed by atoms with Crippen LogP contribution in [0.1, 0.15) is 0 Å². The van der Waals surface area contributed by atoms with Gasteiger partial charge in [0, 0.05) is 34.4 Å². The van der Waals surface area contributed by atoms with Crippen molar-refractivity contribution in [2.45, 2.75) is 5.16 Å². The van der Waals surface area contributed by atoms with Crippen molar-refractivity contribution in [2.75, 3.05) is 11.1 Å². The van der Waals surface area contributed by atoms with E-state index >= 15 is 0 Å². The third kappa shape index (κ3) is 5.19. The second-order valence-electron chi connectivity index (χ2n) is 6.32. The summed E-state index contributed by atoms with van der Waals surface area (Å²) in [7, 11) is 0. The van der Waals surface area contributed by atoms with Crippen molar-refractivity contribution in [1.29, 1.82) is 0 Å². The minimum atomic E-state index is -0.209. The first kappa shape index (κ1) is 21.6. The van der Waals surface area contributed by atoms with E-state index in [1.807, 2.05) is 28.8 Å². The van der Waals surface area contributed by atoms with E-state index in [1.54, 1.807) is 42.7 Å². The molecule has 0 spiro atoms. The monoisotopic (exact) mass is 489 g/mol. The molecule has 31 heavy (non-hydrogen) atoms. The molecule has 0 saturated carbocycles. The molecule has 0 aliphatic heterocycles. The highest BCUT2D eigenvalue weighted by atomic mass is 35.5. The second-order valence-corrected chi connectivity index (χ2v) is 8.51. The number of nitrogens with one attached hydrogen (secondary N) is 1. The Morgan fingerprint density at radius 1 is 0.935 bits per heavy atom. The van der Waals surface area contributed by atoms with Crippen molar-refractivity contribution in [1.82, 2.24) is 19.7 Å². The molecule has 0 radical (unpaired) electrons. The van der Waals surface area contributed by atoms with Crippen LogP contribution >= 0.6 is 46.6 Å². The molecule has 4 rings (SSSR count). The largest absolute Gasteiger partial charge is 0.325 e. The van der Waals surface area contributed by atoms with Crippen LogP contribution in [0.15, 0.2) is 72.1 Å². The summed E-state index contributed by atoms with van der Waals surface area (Å²) in [5.74, 6) is 0.555. The number of hydrogen-bond acceptors (Lipinski definition) is 5. The number of thioether (sulfide) groups is 1. The smallest absolute Gasteiger partial charge is 0.234 e. The number of carbonyl (C=O) groups is 1. The Labute approximate surface area is 197 Å². The highest BCUT2D eigenvalue weighted by Gasteiger charge is 2.17. The third-order valence-electron chi connectivity index (χ3n) is 4.19. The molecule has 0 aliphatic rings. The van der Waals surface area contributed by atoms with Gasteiger partial charge < -0.3 is 5.32 Å². The Hall–Kier alpha value is -2.58. The van der Waals surface area contributed by atoms with Gasteiger partial charge in [0.2, 0.25) is 5.91 Å². The summed E-state index contributed by atoms with van der Waals surface area (Å²) in [6.07, 6.45) is 3.38. The summed E-state index contributed by atoms with van der Waals surface area (Å²) in [5.41, 5.74) is 2.25. The van der Waals surface area contributed by atoms with Crippen LogP contribution in [0.4, 0.5) is 5.69 Å². The van der Waals surface area contributed by atoms with Crippen LogP contribution in [0, 0.1) is 0 Å². The molecular formula is C21H14Cl3N5OS. The Bertz CT molecular complexity index is 1220. The normalized spacial score (nSPS) is 10.8. The summed E-state index contributed by atoms with van der Waals surface area (Å²) in [5, 5.41) is 13.4. The highest BCUT2D eigenvalue weighted by molar-refractivity contribution is 7.99. The highest BCUT2D eigenvalue weighted by Crippen LogP contribution is 2.29. The summed E-state index contributed by atoms with van der Waals surface area (Å²) in [6.45, 7) is 0. The fourth-order valence-electron chi connectivity index (χ4n) is 2.78. The van der Waals surface area contributed by atoms with E-state index in [-0.39, 0.29) is 11.7 Å². The molecule has 0 aliphatic carbocycles. The predicted octanol–water partition coefficient (Wildman–Crippen LogP) is 6.02. The SMILES string of the molecule is O=C(CSc1nnc(-c2ccncc2)n1-c1ccc(Cl)cc1)Nc1ccc(Cl)c(Cl)c1. The number of anilines is 1. The van der Waals surface area contributed by atoms with Crippen molar-refractivity contribution in [2.24, 2.45) is 0 Å². The second kappa shape index (κ2) is 9.70. The van der Waals surface area contributed by atoms with Crippen LogP contribution < -0.4 is 5.32 Å². The molecule has 1 N–H and O–H groups in total. The minimum Gasteiger partial charge on any atom is -0.325 e. The van der Waals surface area contributed by atoms with Gasteiger partial charge in [0.05, 0.1) is 15.8 Å². The Balaban J connectivity index is 1.57. The van der Waals surface area contributed by atoms with Crippen LogP contribution in [0.5, 0.6) is 0 Å². The van der Waals surface area contributed by atoms with Crippen LogP contribution in [0.25, 0.3) is 17.1 Å². The fraction of sp³-hybridized carbons (Fsp3) is 0.0476. The first-order valence-electron chi connectivity index (χ1n) is 9.01. The Kier molecular flexibility index (Phi) is 6.77. The third-order valence-corrected chi connectivity index (χ3v) is 6.11. The summed E-state index contributed by atoms with van der Waals surface area (Å²) in [6, 6.07) is 15.9. The average molecular weight is 491 g/mol. The van der Waals surface area contributed by atoms with Gasteiger partial charge in [-0.15, -0.1) is 10.2 Å². The van der Waals surface area contributed by atoms with Gasteiger partial charge in [-0.1, -0.05) is 46.6 Å². The zero-order chi connectivity index (χ0) is 21.8. The number of hydrogen-bond donors (Lipinski definition) is 1. The molecule has 156 valence electrons. The van der Waals surface area contributed by atoms with E-state index < -0.39 is 0 Å². The summed E-state index contributed by atoms with van der Waals surface area (Å²) in [4.78, 5) is 16.5. The van der Waals surface area contributed by atoms with E-state index in [9.17, 15) is 4.79 Å². The van der Waals surface area contributed by atoms with Crippen LogP contribution in [0.2, 0.25) is 15.1 Å². The molecule has 2 aromatic carbocycles. The fourth-order valence-corrected chi connectivity index (χ4v) is 3.95. The van der Waals surface area contributed by atoms with Gasteiger partial charge in [0.15, 0.2) is 11.0 Å². The van der Waals surface area contributed by atoms with Gasteiger partial charge in [-0.25, -0.2) is 0 Å². The number of pyridine rings is 1. The van der Waals surface area contributed by atoms with E-state index in [1.165, 1.54) is 11.8 Å². The van der Waals surface area contributed by atoms with Gasteiger partial charge in [0.1, 0.15) is 0 Å². The number of halogens is 3. The molecule has 0 atom stereocenters. The first-order valence-corrected chi connectivity index (χ1v) is 11.1. The number of nitrogens with zero attached hydrogens (tertiary/aromatic N) is 4. The van der Waals surface area contributed by atoms with E-state index in [4.69, 9.17) is 34.8 Å². The lowest BCUT2D eigenvalue weighted by atomic mass is 10.2. The number of amides is 1. The quantitative estimate of drug-likeness (QED) is 0.335. The molecule has 0 unspecified atom stereocenters. The Morgan fingerprint density at radius 2 is 1.68 bits per heavy atom. The first-order chi connectivity index (χ1) is 15.0. The number of benzene rings is 2. The standard InChI is InChI=1S/C21H14Cl3N5OS/c22-14-1-4-16(5-2-14)29-20(13-7-9-25-10-8-13)27-28-21(29)31-12-19(30)26-15-3-6-17(23)18(24)11-15/h1-11H,12H2,(H,26,30). The van der Waals surface area contributed by atoms with E-state index in [0.29, 0.717) is 31.7 Å². The molecule has 1 amide bonds. The van der Waals surface area contributed by atoms with E-state index in [2.05, 4.69) is 20.5 Å². The molecule has 10 heteroatoms. The maximum atomic E-state index is 12.5. The van der Waals surface area contributed by atoms with Crippen molar-refractivity contribution in [3.8, 4) is 17.1 Å². The lowest BCUT2D eigenvalue weighted by molar-refractivity contribution is -0.113. The molecule has 0 fully saturated rings. The molecule has 0 bridgehead atoms. The summed E-state index contributed by atoms with van der Waals surface area (Å²) < 4.78 is 1.88. The predicted molar refractivity (Wildman–Crippen MR) is 125 cm³/mol. The van der Waals surface area contributed by atoms with Crippen molar-refractivity contribution >= 4 is 58.2 Å². The molecule has 4 aromatic rings. The van der Waals surface area contributed by atoms with Gasteiger partial charge >= 0.3 is 0 Å². The Morgan fingerprint density at radius 3 is 2.39 bits per heavy atom. The van der Waals surface area contributed by atoms with Gasteiger partial charge in [-0.2, -0.15) is 0 Å². The van der Waals surface area contributed by atoms with Crippen molar-refractivity contribution in [3.05, 3.63) is 82.1 Å². The zero-order valence-corrected chi connectivity index (χ0v) is 18.9. The van der Waals surface area contributed by atoms with Crippen LogP contribution in [0.3, 0.4) is 0 Å². The minimum absolute atomic E-state index is 0.127. The zero-order valence-electron chi connectivity index (χ0n) is 15.8. The van der Waals surface area contributed by atoms with Crippen LogP contribution in [-0.4, -0.2) is 31.4 Å². The van der Waals surface area contributed by atoms with Crippen molar-refractivity contribution in [3.63, 3.8) is 0 Å². The molecular weight excluding hydrogens is 477 g/mol. The molecule has 2 aromatic heterocycles. The van der Waals surface area contributed by atoms with Gasteiger partial charge in [-0.05, 0) is 54.6 Å². The van der Waals surface area contributed by atoms with Crippen molar-refractivity contribution < 1.29 is 4.79 Å². The number of rotatable bonds is 6. The topological polar surface area (TPSA) is 72.7 Å². The number of carbonyl (C=O) groups excluding carboxylic acids is 1. The maximum Gasteiger partial charge on any atom is 0.234 e. The summed E-state index contributed by atoms with van der Waals surface area (Å²) >= 11 is 19.2. The lowest BCUT2D eigenvalue weighted by Crippen LogP contribution is -2.14. The molecule has 0 saturated heterocycles.